The molecule has 8 heteroatoms. The Morgan fingerprint density at radius 3 is 2.12 bits per heavy atom. The van der Waals surface area contributed by atoms with Crippen LogP contribution in [0.15, 0.2) is 70.4 Å². The average molecular weight is 479 g/mol. The molecule has 0 radical (unpaired) electrons. The lowest BCUT2D eigenvalue weighted by Crippen LogP contribution is -2.31. The molecule has 1 aliphatic rings. The molecule has 33 heavy (non-hydrogen) atoms. The van der Waals surface area contributed by atoms with Crippen molar-refractivity contribution in [1.29, 1.82) is 0 Å². The van der Waals surface area contributed by atoms with E-state index >= 15 is 0 Å². The van der Waals surface area contributed by atoms with Gasteiger partial charge in [0.25, 0.3) is 11.8 Å². The van der Waals surface area contributed by atoms with E-state index in [0.717, 1.165) is 40.8 Å². The van der Waals surface area contributed by atoms with Crippen LogP contribution in [-0.2, 0) is 22.6 Å². The summed E-state index contributed by atoms with van der Waals surface area (Å²) in [5.74, 6) is -0.767. The highest BCUT2D eigenvalue weighted by molar-refractivity contribution is 8.04. The maximum atomic E-state index is 13.4. The SMILES string of the molecule is CCc1ccc(NC2=C(Sc3nc(C)cc(C)n3)C(=O)N(Cc3ccc(Cl)cc3)C2=O)cc1. The summed E-state index contributed by atoms with van der Waals surface area (Å²) in [6.45, 7) is 5.97. The third kappa shape index (κ3) is 5.26. The van der Waals surface area contributed by atoms with E-state index in [4.69, 9.17) is 11.6 Å². The highest BCUT2D eigenvalue weighted by atomic mass is 35.5. The summed E-state index contributed by atoms with van der Waals surface area (Å²) >= 11 is 7.08. The van der Waals surface area contributed by atoms with E-state index in [1.807, 2.05) is 44.2 Å². The maximum absolute atomic E-state index is 13.4. The van der Waals surface area contributed by atoms with Crippen LogP contribution in [0.1, 0.15) is 29.4 Å². The normalized spacial score (nSPS) is 13.8. The Bertz CT molecular complexity index is 1220. The van der Waals surface area contributed by atoms with Gasteiger partial charge in [0, 0.05) is 22.1 Å². The van der Waals surface area contributed by atoms with Gasteiger partial charge in [0.2, 0.25) is 0 Å². The second-order valence-corrected chi connectivity index (χ2v) is 9.15. The molecule has 2 aromatic carbocycles. The van der Waals surface area contributed by atoms with Crippen LogP contribution in [0.5, 0.6) is 0 Å². The molecule has 2 heterocycles. The van der Waals surface area contributed by atoms with Crippen molar-refractivity contribution in [2.45, 2.75) is 38.9 Å². The topological polar surface area (TPSA) is 75.2 Å². The molecule has 0 atom stereocenters. The molecule has 0 saturated heterocycles. The van der Waals surface area contributed by atoms with Gasteiger partial charge in [0.05, 0.1) is 6.54 Å². The molecule has 1 aromatic heterocycles. The Morgan fingerprint density at radius 2 is 1.52 bits per heavy atom. The molecule has 1 N–H and O–H groups in total. The number of aryl methyl sites for hydroxylation is 3. The molecule has 4 rings (SSSR count). The van der Waals surface area contributed by atoms with Crippen LogP contribution < -0.4 is 5.32 Å². The molecular weight excluding hydrogens is 456 g/mol. The van der Waals surface area contributed by atoms with E-state index in [1.54, 1.807) is 24.3 Å². The first-order valence-corrected chi connectivity index (χ1v) is 11.7. The van der Waals surface area contributed by atoms with Crippen LogP contribution in [-0.4, -0.2) is 26.7 Å². The lowest BCUT2D eigenvalue weighted by molar-refractivity contribution is -0.137. The Balaban J connectivity index is 1.68. The molecule has 6 nitrogen and oxygen atoms in total. The second kappa shape index (κ2) is 9.77. The molecule has 3 aromatic rings. The number of thioether (sulfide) groups is 1. The minimum atomic E-state index is -0.388. The van der Waals surface area contributed by atoms with Gasteiger partial charge in [-0.15, -0.1) is 0 Å². The summed E-state index contributed by atoms with van der Waals surface area (Å²) in [7, 11) is 0. The van der Waals surface area contributed by atoms with Gasteiger partial charge >= 0.3 is 0 Å². The van der Waals surface area contributed by atoms with E-state index < -0.39 is 0 Å². The lowest BCUT2D eigenvalue weighted by atomic mass is 10.1. The number of amides is 2. The minimum absolute atomic E-state index is 0.145. The van der Waals surface area contributed by atoms with Gasteiger partial charge in [-0.2, -0.15) is 0 Å². The number of nitrogens with zero attached hydrogens (tertiary/aromatic N) is 3. The highest BCUT2D eigenvalue weighted by Crippen LogP contribution is 2.35. The maximum Gasteiger partial charge on any atom is 0.278 e. The highest BCUT2D eigenvalue weighted by Gasteiger charge is 2.39. The van der Waals surface area contributed by atoms with Gasteiger partial charge < -0.3 is 5.32 Å². The van der Waals surface area contributed by atoms with Gasteiger partial charge in [-0.05, 0) is 73.5 Å². The van der Waals surface area contributed by atoms with E-state index in [0.29, 0.717) is 10.2 Å². The van der Waals surface area contributed by atoms with E-state index in [9.17, 15) is 9.59 Å². The predicted molar refractivity (Wildman–Crippen MR) is 131 cm³/mol. The van der Waals surface area contributed by atoms with Crippen molar-refractivity contribution in [3.05, 3.63) is 92.7 Å². The number of aromatic nitrogens is 2. The van der Waals surface area contributed by atoms with Gasteiger partial charge in [-0.25, -0.2) is 9.97 Å². The second-order valence-electron chi connectivity index (χ2n) is 7.74. The number of carbonyl (C=O) groups is 2. The Hall–Kier alpha value is -3.16. The smallest absolute Gasteiger partial charge is 0.278 e. The van der Waals surface area contributed by atoms with Gasteiger partial charge in [-0.1, -0.05) is 42.8 Å². The summed E-state index contributed by atoms with van der Waals surface area (Å²) in [6, 6.07) is 16.7. The van der Waals surface area contributed by atoms with Crippen LogP contribution in [0.2, 0.25) is 5.02 Å². The quantitative estimate of drug-likeness (QED) is 0.367. The zero-order valence-corrected chi connectivity index (χ0v) is 20.1. The number of carbonyl (C=O) groups excluding carboxylic acids is 2. The molecule has 0 saturated carbocycles. The van der Waals surface area contributed by atoms with Crippen molar-refractivity contribution in [2.75, 3.05) is 5.32 Å². The molecule has 0 unspecified atom stereocenters. The number of hydrogen-bond acceptors (Lipinski definition) is 6. The van der Waals surface area contributed by atoms with E-state index in [-0.39, 0.29) is 29.0 Å². The van der Waals surface area contributed by atoms with Gasteiger partial charge in [0.1, 0.15) is 10.6 Å². The van der Waals surface area contributed by atoms with Crippen molar-refractivity contribution in [2.24, 2.45) is 0 Å². The molecule has 0 fully saturated rings. The van der Waals surface area contributed by atoms with Crippen molar-refractivity contribution < 1.29 is 9.59 Å². The van der Waals surface area contributed by atoms with Crippen molar-refractivity contribution in [3.63, 3.8) is 0 Å². The average Bonchev–Trinajstić information content (AvgIpc) is 2.99. The fraction of sp³-hybridized carbons (Fsp3) is 0.200. The molecule has 1 aliphatic heterocycles. The first-order valence-electron chi connectivity index (χ1n) is 10.5. The zero-order chi connectivity index (χ0) is 23.5. The summed E-state index contributed by atoms with van der Waals surface area (Å²) in [5.41, 5.74) is 4.55. The third-order valence-corrected chi connectivity index (χ3v) is 6.37. The number of halogens is 1. The molecule has 168 valence electrons. The minimum Gasteiger partial charge on any atom is -0.350 e. The number of rotatable bonds is 7. The van der Waals surface area contributed by atoms with E-state index in [1.165, 1.54) is 10.5 Å². The van der Waals surface area contributed by atoms with E-state index in [2.05, 4.69) is 22.2 Å². The number of nitrogens with one attached hydrogen (secondary N) is 1. The fourth-order valence-corrected chi connectivity index (χ4v) is 4.60. The van der Waals surface area contributed by atoms with Crippen LogP contribution in [0.4, 0.5) is 5.69 Å². The lowest BCUT2D eigenvalue weighted by Gasteiger charge is -2.15. The standard InChI is InChI=1S/C25H23ClN4O2S/c1-4-17-7-11-20(12-8-17)29-21-22(33-25-27-15(2)13-16(3)28-25)24(32)30(23(21)31)14-18-5-9-19(26)10-6-18/h5-13,29H,4,14H2,1-3H3. The summed E-state index contributed by atoms with van der Waals surface area (Å²) < 4.78 is 0. The Labute approximate surface area is 202 Å². The summed E-state index contributed by atoms with van der Waals surface area (Å²) in [5, 5.41) is 4.19. The molecular formula is C25H23ClN4O2S. The van der Waals surface area contributed by atoms with Crippen molar-refractivity contribution >= 4 is 40.9 Å². The van der Waals surface area contributed by atoms with Crippen LogP contribution >= 0.6 is 23.4 Å². The number of imide groups is 1. The van der Waals surface area contributed by atoms with Crippen molar-refractivity contribution in [1.82, 2.24) is 14.9 Å². The van der Waals surface area contributed by atoms with Crippen molar-refractivity contribution in [3.8, 4) is 0 Å². The largest absolute Gasteiger partial charge is 0.350 e. The van der Waals surface area contributed by atoms with Gasteiger partial charge in [-0.3, -0.25) is 14.5 Å². The Kier molecular flexibility index (Phi) is 6.81. The van der Waals surface area contributed by atoms with Crippen LogP contribution in [0.25, 0.3) is 0 Å². The van der Waals surface area contributed by atoms with Crippen LogP contribution in [0.3, 0.4) is 0 Å². The number of anilines is 1. The summed E-state index contributed by atoms with van der Waals surface area (Å²) in [4.78, 5) is 37.1. The summed E-state index contributed by atoms with van der Waals surface area (Å²) in [6.07, 6.45) is 0.917. The third-order valence-electron chi connectivity index (χ3n) is 5.17. The van der Waals surface area contributed by atoms with Gasteiger partial charge in [0.15, 0.2) is 5.16 Å². The fourth-order valence-electron chi connectivity index (χ4n) is 3.47. The predicted octanol–water partition coefficient (Wildman–Crippen LogP) is 5.29. The first-order chi connectivity index (χ1) is 15.8. The zero-order valence-electron chi connectivity index (χ0n) is 18.6. The number of benzene rings is 2. The Morgan fingerprint density at radius 1 is 0.909 bits per heavy atom. The molecule has 0 bridgehead atoms. The number of hydrogen-bond donors (Lipinski definition) is 1. The van der Waals surface area contributed by atoms with Crippen LogP contribution in [0, 0.1) is 13.8 Å². The first kappa shape index (κ1) is 23.0. The molecule has 2 amide bonds. The monoisotopic (exact) mass is 478 g/mol. The molecule has 0 spiro atoms. The molecule has 0 aliphatic carbocycles.